The Bertz CT molecular complexity index is 1620. The van der Waals surface area contributed by atoms with Gasteiger partial charge in [0, 0.05) is 34.9 Å². The molecule has 7 nitrogen and oxygen atoms in total. The Kier molecular flexibility index (Phi) is 5.02. The molecule has 3 aromatic heterocycles. The van der Waals surface area contributed by atoms with Gasteiger partial charge in [0.1, 0.15) is 4.90 Å². The Morgan fingerprint density at radius 1 is 0.909 bits per heavy atom. The highest BCUT2D eigenvalue weighted by Crippen LogP contribution is 2.37. The van der Waals surface area contributed by atoms with Crippen molar-refractivity contribution in [3.05, 3.63) is 78.8 Å². The van der Waals surface area contributed by atoms with Crippen molar-refractivity contribution in [2.45, 2.75) is 11.8 Å². The number of pyridine rings is 2. The van der Waals surface area contributed by atoms with Gasteiger partial charge < -0.3 is 9.47 Å². The minimum atomic E-state index is -3.98. The van der Waals surface area contributed by atoms with E-state index in [1.54, 1.807) is 57.1 Å². The Labute approximate surface area is 191 Å². The van der Waals surface area contributed by atoms with Gasteiger partial charge in [-0.1, -0.05) is 18.2 Å². The number of rotatable bonds is 5. The molecule has 0 bridgehead atoms. The molecule has 0 saturated carbocycles. The van der Waals surface area contributed by atoms with E-state index in [0.717, 1.165) is 16.5 Å². The maximum Gasteiger partial charge on any atom is 0.271 e. The maximum atomic E-state index is 13.9. The third-order valence-corrected chi connectivity index (χ3v) is 7.26. The van der Waals surface area contributed by atoms with Crippen molar-refractivity contribution in [1.82, 2.24) is 13.9 Å². The third-order valence-electron chi connectivity index (χ3n) is 5.57. The highest BCUT2D eigenvalue weighted by Gasteiger charge is 2.25. The quantitative estimate of drug-likeness (QED) is 0.375. The van der Waals surface area contributed by atoms with Crippen LogP contribution in [0.5, 0.6) is 11.5 Å². The average Bonchev–Trinajstić information content (AvgIpc) is 3.23. The van der Waals surface area contributed by atoms with Crippen LogP contribution in [0.4, 0.5) is 0 Å². The lowest BCUT2D eigenvalue weighted by molar-refractivity contribution is 0.355. The number of hydrogen-bond acceptors (Lipinski definition) is 6. The molecule has 0 spiro atoms. The topological polar surface area (TPSA) is 83.3 Å². The molecule has 3 heterocycles. The van der Waals surface area contributed by atoms with Crippen molar-refractivity contribution in [3.63, 3.8) is 0 Å². The number of methoxy groups -OCH3 is 2. The summed E-state index contributed by atoms with van der Waals surface area (Å²) in [6.07, 6.45) is 4.85. The van der Waals surface area contributed by atoms with Crippen LogP contribution in [0.3, 0.4) is 0 Å². The summed E-state index contributed by atoms with van der Waals surface area (Å²) in [7, 11) is -0.854. The first-order chi connectivity index (χ1) is 15.9. The zero-order valence-electron chi connectivity index (χ0n) is 18.3. The number of ether oxygens (including phenoxy) is 2. The second-order valence-electron chi connectivity index (χ2n) is 7.63. The van der Waals surface area contributed by atoms with E-state index in [1.165, 1.54) is 3.97 Å². The predicted octanol–water partition coefficient (Wildman–Crippen LogP) is 4.81. The molecule has 0 amide bonds. The molecule has 33 heavy (non-hydrogen) atoms. The monoisotopic (exact) mass is 459 g/mol. The summed E-state index contributed by atoms with van der Waals surface area (Å²) >= 11 is 0. The molecule has 0 N–H and O–H groups in total. The van der Waals surface area contributed by atoms with Crippen LogP contribution in [0.15, 0.2) is 78.1 Å². The van der Waals surface area contributed by atoms with E-state index >= 15 is 0 Å². The molecule has 0 saturated heterocycles. The fourth-order valence-electron chi connectivity index (χ4n) is 4.00. The van der Waals surface area contributed by atoms with Gasteiger partial charge in [-0.3, -0.25) is 4.98 Å². The number of hydrogen-bond donors (Lipinski definition) is 0. The molecule has 2 aromatic carbocycles. The summed E-state index contributed by atoms with van der Waals surface area (Å²) in [6, 6.07) is 16.2. The van der Waals surface area contributed by atoms with Crippen LogP contribution in [-0.2, 0) is 10.0 Å². The molecule has 5 aromatic rings. The number of aryl methyl sites for hydroxylation is 1. The molecular weight excluding hydrogens is 438 g/mol. The number of nitrogens with zero attached hydrogens (tertiary/aromatic N) is 3. The molecule has 0 aliphatic heterocycles. The molecular formula is C25H21N3O4S. The van der Waals surface area contributed by atoms with Crippen LogP contribution < -0.4 is 9.47 Å². The highest BCUT2D eigenvalue weighted by molar-refractivity contribution is 7.90. The summed E-state index contributed by atoms with van der Waals surface area (Å²) in [6.45, 7) is 1.92. The molecule has 0 aliphatic rings. The van der Waals surface area contributed by atoms with E-state index in [2.05, 4.69) is 9.97 Å². The van der Waals surface area contributed by atoms with Gasteiger partial charge in [0.2, 0.25) is 0 Å². The van der Waals surface area contributed by atoms with E-state index in [1.807, 2.05) is 37.3 Å². The lowest BCUT2D eigenvalue weighted by Crippen LogP contribution is -2.13. The van der Waals surface area contributed by atoms with Gasteiger partial charge >= 0.3 is 0 Å². The van der Waals surface area contributed by atoms with Gasteiger partial charge in [0.05, 0.1) is 19.7 Å². The van der Waals surface area contributed by atoms with Gasteiger partial charge in [-0.2, -0.15) is 0 Å². The predicted molar refractivity (Wildman–Crippen MR) is 127 cm³/mol. The third kappa shape index (κ3) is 3.39. The van der Waals surface area contributed by atoms with Crippen molar-refractivity contribution in [2.24, 2.45) is 0 Å². The van der Waals surface area contributed by atoms with Gasteiger partial charge in [0.25, 0.3) is 10.0 Å². The van der Waals surface area contributed by atoms with E-state index in [9.17, 15) is 8.42 Å². The average molecular weight is 460 g/mol. The lowest BCUT2D eigenvalue weighted by Gasteiger charge is -2.10. The number of fused-ring (bicyclic) bond motifs is 2. The van der Waals surface area contributed by atoms with Crippen LogP contribution in [0.1, 0.15) is 5.56 Å². The van der Waals surface area contributed by atoms with Crippen LogP contribution in [0, 0.1) is 6.92 Å². The largest absolute Gasteiger partial charge is 0.493 e. The molecule has 0 atom stereocenters. The summed E-state index contributed by atoms with van der Waals surface area (Å²) < 4.78 is 39.7. The second-order valence-corrected chi connectivity index (χ2v) is 9.41. The first-order valence-electron chi connectivity index (χ1n) is 10.2. The normalized spacial score (nSPS) is 11.7. The SMILES string of the molecule is COc1ccc(-c2cn(S(=O)(=O)c3cccc4cc(C)cnc34)c3ncccc23)cc1OC. The molecule has 0 fully saturated rings. The Balaban J connectivity index is 1.76. The summed E-state index contributed by atoms with van der Waals surface area (Å²) in [5.74, 6) is 1.14. The standard InChI is InChI=1S/C25H21N3O4S/c1-16-12-18-6-4-8-23(24(18)27-14-16)33(29,30)28-15-20(19-7-5-11-26-25(19)28)17-9-10-21(31-2)22(13-17)32-3/h4-15H,1-3H3. The fraction of sp³-hybridized carbons (Fsp3) is 0.120. The van der Waals surface area contributed by atoms with Crippen LogP contribution >= 0.6 is 0 Å². The minimum Gasteiger partial charge on any atom is -0.493 e. The van der Waals surface area contributed by atoms with Crippen LogP contribution in [0.2, 0.25) is 0 Å². The van der Waals surface area contributed by atoms with E-state index < -0.39 is 10.0 Å². The zero-order chi connectivity index (χ0) is 23.2. The van der Waals surface area contributed by atoms with Gasteiger partial charge in [-0.25, -0.2) is 17.4 Å². The number of aromatic nitrogens is 3. The number of benzene rings is 2. The van der Waals surface area contributed by atoms with Crippen LogP contribution in [-0.4, -0.2) is 36.6 Å². The first-order valence-corrected chi connectivity index (χ1v) is 11.7. The smallest absolute Gasteiger partial charge is 0.271 e. The fourth-order valence-corrected chi connectivity index (χ4v) is 5.50. The summed E-state index contributed by atoms with van der Waals surface area (Å²) in [4.78, 5) is 8.94. The number of para-hydroxylation sites is 1. The van der Waals surface area contributed by atoms with E-state index in [4.69, 9.17) is 9.47 Å². The van der Waals surface area contributed by atoms with Crippen molar-refractivity contribution in [1.29, 1.82) is 0 Å². The van der Waals surface area contributed by atoms with Crippen molar-refractivity contribution < 1.29 is 17.9 Å². The maximum absolute atomic E-state index is 13.9. The van der Waals surface area contributed by atoms with Gasteiger partial charge in [0.15, 0.2) is 17.1 Å². The molecule has 0 radical (unpaired) electrons. The Morgan fingerprint density at radius 3 is 2.52 bits per heavy atom. The zero-order valence-corrected chi connectivity index (χ0v) is 19.1. The van der Waals surface area contributed by atoms with Gasteiger partial charge in [-0.15, -0.1) is 0 Å². The van der Waals surface area contributed by atoms with Crippen LogP contribution in [0.25, 0.3) is 33.1 Å². The summed E-state index contributed by atoms with van der Waals surface area (Å²) in [5, 5.41) is 1.47. The lowest BCUT2D eigenvalue weighted by atomic mass is 10.1. The van der Waals surface area contributed by atoms with Crippen molar-refractivity contribution in [2.75, 3.05) is 14.2 Å². The first kappa shape index (κ1) is 21.0. The van der Waals surface area contributed by atoms with E-state index in [-0.39, 0.29) is 4.90 Å². The molecule has 8 heteroatoms. The van der Waals surface area contributed by atoms with E-state index in [0.29, 0.717) is 33.6 Å². The second kappa shape index (κ2) is 7.90. The minimum absolute atomic E-state index is 0.126. The molecule has 5 rings (SSSR count). The summed E-state index contributed by atoms with van der Waals surface area (Å²) in [5.41, 5.74) is 3.22. The van der Waals surface area contributed by atoms with Crippen molar-refractivity contribution >= 4 is 32.0 Å². The van der Waals surface area contributed by atoms with Crippen molar-refractivity contribution in [3.8, 4) is 22.6 Å². The molecule has 0 aliphatic carbocycles. The van der Waals surface area contributed by atoms with Gasteiger partial charge in [-0.05, 0) is 54.4 Å². The molecule has 166 valence electrons. The Morgan fingerprint density at radius 2 is 1.73 bits per heavy atom. The highest BCUT2D eigenvalue weighted by atomic mass is 32.2. The molecule has 0 unspecified atom stereocenters. The Hall–Kier alpha value is -3.91.